The van der Waals surface area contributed by atoms with Crippen LogP contribution in [0, 0.1) is 0 Å². The van der Waals surface area contributed by atoms with E-state index in [1.165, 1.54) is 4.88 Å². The van der Waals surface area contributed by atoms with E-state index < -0.39 is 0 Å². The standard InChI is InChI=1S/C9H8Cl2N2S/c1-4(2)6-3-5-7(10)12-9(11)13-8(5)14-6/h3-4H,1-2H3. The summed E-state index contributed by atoms with van der Waals surface area (Å²) in [6.45, 7) is 4.27. The molecule has 0 atom stereocenters. The van der Waals surface area contributed by atoms with E-state index in [-0.39, 0.29) is 5.28 Å². The van der Waals surface area contributed by atoms with Crippen molar-refractivity contribution in [3.63, 3.8) is 0 Å². The fourth-order valence-corrected chi connectivity index (χ4v) is 2.74. The molecule has 0 aliphatic heterocycles. The number of hydrogen-bond donors (Lipinski definition) is 0. The lowest BCUT2D eigenvalue weighted by molar-refractivity contribution is 0.890. The van der Waals surface area contributed by atoms with Crippen molar-refractivity contribution in [1.29, 1.82) is 0 Å². The molecule has 0 saturated carbocycles. The minimum atomic E-state index is 0.208. The number of thiophene rings is 1. The normalized spacial score (nSPS) is 11.5. The smallest absolute Gasteiger partial charge is 0.207 e. The van der Waals surface area contributed by atoms with Gasteiger partial charge in [0.15, 0.2) is 0 Å². The number of rotatable bonds is 1. The largest absolute Gasteiger partial charge is 0.225 e. The predicted octanol–water partition coefficient (Wildman–Crippen LogP) is 4.12. The van der Waals surface area contributed by atoms with E-state index in [1.54, 1.807) is 11.3 Å². The third-order valence-electron chi connectivity index (χ3n) is 1.91. The molecule has 74 valence electrons. The van der Waals surface area contributed by atoms with Gasteiger partial charge in [-0.05, 0) is 23.6 Å². The van der Waals surface area contributed by atoms with Crippen molar-refractivity contribution in [3.05, 3.63) is 21.4 Å². The summed E-state index contributed by atoms with van der Waals surface area (Å²) in [6, 6.07) is 2.03. The van der Waals surface area contributed by atoms with Crippen molar-refractivity contribution in [2.75, 3.05) is 0 Å². The van der Waals surface area contributed by atoms with Crippen molar-refractivity contribution >= 4 is 44.8 Å². The molecule has 0 bridgehead atoms. The molecule has 2 heterocycles. The topological polar surface area (TPSA) is 25.8 Å². The van der Waals surface area contributed by atoms with Crippen molar-refractivity contribution in [1.82, 2.24) is 9.97 Å². The van der Waals surface area contributed by atoms with Gasteiger partial charge >= 0.3 is 0 Å². The first-order valence-electron chi connectivity index (χ1n) is 4.20. The zero-order valence-corrected chi connectivity index (χ0v) is 10.0. The molecule has 0 aromatic carbocycles. The summed E-state index contributed by atoms with van der Waals surface area (Å²) in [6.07, 6.45) is 0. The SMILES string of the molecule is CC(C)c1cc2c(Cl)nc(Cl)nc2s1. The molecule has 14 heavy (non-hydrogen) atoms. The van der Waals surface area contributed by atoms with Crippen molar-refractivity contribution in [2.45, 2.75) is 19.8 Å². The first-order valence-corrected chi connectivity index (χ1v) is 5.77. The van der Waals surface area contributed by atoms with Crippen molar-refractivity contribution < 1.29 is 0 Å². The molecular weight excluding hydrogens is 239 g/mol. The molecule has 5 heteroatoms. The maximum atomic E-state index is 5.95. The van der Waals surface area contributed by atoms with Gasteiger partial charge in [0.05, 0.1) is 0 Å². The van der Waals surface area contributed by atoms with E-state index in [0.717, 1.165) is 10.2 Å². The molecule has 0 fully saturated rings. The van der Waals surface area contributed by atoms with Gasteiger partial charge in [-0.1, -0.05) is 25.4 Å². The summed E-state index contributed by atoms with van der Waals surface area (Å²) in [5.41, 5.74) is 0. The molecule has 0 radical (unpaired) electrons. The molecule has 0 amide bonds. The Kier molecular flexibility index (Phi) is 2.64. The number of fused-ring (bicyclic) bond motifs is 1. The third kappa shape index (κ3) is 1.72. The number of aromatic nitrogens is 2. The van der Waals surface area contributed by atoms with Gasteiger partial charge in [-0.3, -0.25) is 0 Å². The Balaban J connectivity index is 2.70. The fraction of sp³-hybridized carbons (Fsp3) is 0.333. The lowest BCUT2D eigenvalue weighted by atomic mass is 10.2. The Bertz CT molecular complexity index is 479. The average molecular weight is 247 g/mol. The lowest BCUT2D eigenvalue weighted by Gasteiger charge is -1.95. The zero-order valence-electron chi connectivity index (χ0n) is 7.71. The summed E-state index contributed by atoms with van der Waals surface area (Å²) in [5, 5.41) is 1.53. The van der Waals surface area contributed by atoms with Crippen LogP contribution in [-0.4, -0.2) is 9.97 Å². The van der Waals surface area contributed by atoms with E-state index in [2.05, 4.69) is 23.8 Å². The molecule has 0 saturated heterocycles. The average Bonchev–Trinajstić information content (AvgIpc) is 2.47. The van der Waals surface area contributed by atoms with Gasteiger partial charge in [-0.2, -0.15) is 0 Å². The first-order chi connectivity index (χ1) is 6.58. The van der Waals surface area contributed by atoms with Crippen LogP contribution in [0.3, 0.4) is 0 Å². The molecular formula is C9H8Cl2N2S. The van der Waals surface area contributed by atoms with Gasteiger partial charge in [0.2, 0.25) is 5.28 Å². The van der Waals surface area contributed by atoms with E-state index >= 15 is 0 Å². The quantitative estimate of drug-likeness (QED) is 0.559. The predicted molar refractivity (Wildman–Crippen MR) is 61.5 cm³/mol. The molecule has 0 spiro atoms. The maximum absolute atomic E-state index is 5.95. The van der Waals surface area contributed by atoms with E-state index in [9.17, 15) is 0 Å². The Morgan fingerprint density at radius 2 is 2.00 bits per heavy atom. The van der Waals surface area contributed by atoms with Gasteiger partial charge in [-0.15, -0.1) is 11.3 Å². The highest BCUT2D eigenvalue weighted by Gasteiger charge is 2.11. The molecule has 0 N–H and O–H groups in total. The zero-order chi connectivity index (χ0) is 10.3. The highest BCUT2D eigenvalue weighted by atomic mass is 35.5. The lowest BCUT2D eigenvalue weighted by Crippen LogP contribution is -1.81. The van der Waals surface area contributed by atoms with Gasteiger partial charge in [-0.25, -0.2) is 9.97 Å². The Morgan fingerprint density at radius 3 is 2.64 bits per heavy atom. The second-order valence-electron chi connectivity index (χ2n) is 3.31. The number of nitrogens with zero attached hydrogens (tertiary/aromatic N) is 2. The second-order valence-corrected chi connectivity index (χ2v) is 5.06. The van der Waals surface area contributed by atoms with Crippen LogP contribution < -0.4 is 0 Å². The molecule has 0 unspecified atom stereocenters. The molecule has 2 aromatic rings. The minimum Gasteiger partial charge on any atom is -0.207 e. The molecule has 0 aliphatic carbocycles. The minimum absolute atomic E-state index is 0.208. The van der Waals surface area contributed by atoms with Crippen LogP contribution in [0.25, 0.3) is 10.2 Å². The summed E-state index contributed by atoms with van der Waals surface area (Å²) in [7, 11) is 0. The Hall–Kier alpha value is -0.380. The van der Waals surface area contributed by atoms with Crippen LogP contribution in [0.4, 0.5) is 0 Å². The molecule has 2 aromatic heterocycles. The number of halogens is 2. The highest BCUT2D eigenvalue weighted by molar-refractivity contribution is 7.18. The van der Waals surface area contributed by atoms with Crippen LogP contribution in [-0.2, 0) is 0 Å². The van der Waals surface area contributed by atoms with E-state index in [1.807, 2.05) is 6.07 Å². The summed E-state index contributed by atoms with van der Waals surface area (Å²) >= 11 is 13.3. The van der Waals surface area contributed by atoms with Crippen molar-refractivity contribution in [2.24, 2.45) is 0 Å². The molecule has 2 rings (SSSR count). The summed E-state index contributed by atoms with van der Waals surface area (Å²) in [5.74, 6) is 0.476. The number of hydrogen-bond acceptors (Lipinski definition) is 3. The van der Waals surface area contributed by atoms with Crippen LogP contribution in [0.5, 0.6) is 0 Å². The van der Waals surface area contributed by atoms with Crippen LogP contribution in [0.2, 0.25) is 10.4 Å². The van der Waals surface area contributed by atoms with Crippen LogP contribution >= 0.6 is 34.5 Å². The van der Waals surface area contributed by atoms with Gasteiger partial charge in [0.25, 0.3) is 0 Å². The van der Waals surface area contributed by atoms with E-state index in [0.29, 0.717) is 11.1 Å². The monoisotopic (exact) mass is 246 g/mol. The molecule has 2 nitrogen and oxygen atoms in total. The highest BCUT2D eigenvalue weighted by Crippen LogP contribution is 2.33. The van der Waals surface area contributed by atoms with Crippen LogP contribution in [0.15, 0.2) is 6.07 Å². The van der Waals surface area contributed by atoms with Crippen molar-refractivity contribution in [3.8, 4) is 0 Å². The summed E-state index contributed by atoms with van der Waals surface area (Å²) in [4.78, 5) is 10.1. The summed E-state index contributed by atoms with van der Waals surface area (Å²) < 4.78 is 0. The van der Waals surface area contributed by atoms with Gasteiger partial charge in [0.1, 0.15) is 9.98 Å². The van der Waals surface area contributed by atoms with E-state index in [4.69, 9.17) is 23.2 Å². The second kappa shape index (κ2) is 3.65. The van der Waals surface area contributed by atoms with Crippen LogP contribution in [0.1, 0.15) is 24.6 Å². The first kappa shape index (κ1) is 10.1. The maximum Gasteiger partial charge on any atom is 0.225 e. The van der Waals surface area contributed by atoms with Gasteiger partial charge in [0, 0.05) is 10.3 Å². The van der Waals surface area contributed by atoms with Gasteiger partial charge < -0.3 is 0 Å². The Morgan fingerprint density at radius 1 is 1.29 bits per heavy atom. The Labute approximate surface area is 95.9 Å². The fourth-order valence-electron chi connectivity index (χ4n) is 1.17. The molecule has 0 aliphatic rings. The third-order valence-corrected chi connectivity index (χ3v) is 3.69.